The van der Waals surface area contributed by atoms with Gasteiger partial charge in [-0.25, -0.2) is 8.78 Å². The maximum atomic E-state index is 13.9. The number of nitrogens with zero attached hydrogens (tertiary/aromatic N) is 3. The summed E-state index contributed by atoms with van der Waals surface area (Å²) >= 11 is 0. The molecule has 176 valence electrons. The van der Waals surface area contributed by atoms with Crippen LogP contribution in [0.1, 0.15) is 39.3 Å². The monoisotopic (exact) mass is 462 g/mol. The molecule has 9 nitrogen and oxygen atoms in total. The number of benzene rings is 1. The van der Waals surface area contributed by atoms with Crippen molar-refractivity contribution in [3.05, 3.63) is 63.1 Å². The average Bonchev–Trinajstić information content (AvgIpc) is 3.60. The van der Waals surface area contributed by atoms with Gasteiger partial charge in [-0.3, -0.25) is 24.1 Å². The minimum Gasteiger partial charge on any atom is -0.502 e. The lowest BCUT2D eigenvalue weighted by Gasteiger charge is -2.39. The Hall–Kier alpha value is -3.47. The van der Waals surface area contributed by atoms with Gasteiger partial charge in [-0.1, -0.05) is 6.07 Å². The molecule has 0 spiro atoms. The second kappa shape index (κ2) is 9.18. The fourth-order valence-corrected chi connectivity index (χ4v) is 3.71. The molecule has 2 N–H and O–H groups in total. The summed E-state index contributed by atoms with van der Waals surface area (Å²) in [5.74, 6) is -3.40. The van der Waals surface area contributed by atoms with Gasteiger partial charge in [0.1, 0.15) is 23.9 Å². The molecule has 1 fully saturated rings. The molecule has 1 aliphatic carbocycles. The maximum absolute atomic E-state index is 13.9. The van der Waals surface area contributed by atoms with Crippen molar-refractivity contribution in [1.82, 2.24) is 14.9 Å². The van der Waals surface area contributed by atoms with Crippen molar-refractivity contribution in [3.63, 3.8) is 0 Å². The van der Waals surface area contributed by atoms with E-state index >= 15 is 0 Å². The fraction of sp³-hybridized carbons (Fsp3) is 0.409. The first-order valence-electron chi connectivity index (χ1n) is 10.5. The van der Waals surface area contributed by atoms with Crippen LogP contribution in [0.4, 0.5) is 8.78 Å². The van der Waals surface area contributed by atoms with Gasteiger partial charge >= 0.3 is 0 Å². The number of methoxy groups -OCH3 is 1. The Morgan fingerprint density at radius 1 is 1.27 bits per heavy atom. The predicted octanol–water partition coefficient (Wildman–Crippen LogP) is 1.17. The van der Waals surface area contributed by atoms with Gasteiger partial charge in [0, 0.05) is 44.6 Å². The first kappa shape index (κ1) is 22.7. The Labute approximate surface area is 188 Å². The number of pyridine rings is 1. The van der Waals surface area contributed by atoms with Crippen LogP contribution in [0.15, 0.2) is 29.2 Å². The van der Waals surface area contributed by atoms with Gasteiger partial charge in [0.05, 0.1) is 6.61 Å². The quantitative estimate of drug-likeness (QED) is 0.611. The van der Waals surface area contributed by atoms with Crippen molar-refractivity contribution >= 4 is 11.8 Å². The van der Waals surface area contributed by atoms with Crippen molar-refractivity contribution in [1.29, 1.82) is 0 Å². The van der Waals surface area contributed by atoms with Gasteiger partial charge in [-0.2, -0.15) is 0 Å². The zero-order valence-corrected chi connectivity index (χ0v) is 18.0. The molecular formula is C22H24F2N4O5. The van der Waals surface area contributed by atoms with Crippen molar-refractivity contribution < 1.29 is 28.2 Å². The number of halogens is 2. The zero-order chi connectivity index (χ0) is 23.7. The number of hydrogen-bond acceptors (Lipinski definition) is 6. The molecule has 1 aliphatic heterocycles. The number of fused-ring (bicyclic) bond motifs is 1. The topological polar surface area (TPSA) is 104 Å². The van der Waals surface area contributed by atoms with Gasteiger partial charge in [0.25, 0.3) is 11.8 Å². The maximum Gasteiger partial charge on any atom is 0.277 e. The smallest absolute Gasteiger partial charge is 0.277 e. The summed E-state index contributed by atoms with van der Waals surface area (Å²) in [6.07, 6.45) is 3.28. The summed E-state index contributed by atoms with van der Waals surface area (Å²) < 4.78 is 33.4. The molecule has 0 unspecified atom stereocenters. The standard InChI is InChI=1S/C22H24F2N4O5/c1-33-7-6-26-12-27(10-13-2-3-13)28-11-16(19(29)20(30)18(28)22(26)32)21(31)25-9-14-4-5-15(23)8-17(14)24/h4-5,8,11,13,30H,2-3,6-7,9-10,12H2,1H3,(H,25,31). The Morgan fingerprint density at radius 3 is 2.70 bits per heavy atom. The van der Waals surface area contributed by atoms with Crippen LogP contribution in [0, 0.1) is 17.6 Å². The molecule has 1 aromatic heterocycles. The van der Waals surface area contributed by atoms with Crippen LogP contribution in [0.2, 0.25) is 0 Å². The lowest BCUT2D eigenvalue weighted by Crippen LogP contribution is -2.55. The summed E-state index contributed by atoms with van der Waals surface area (Å²) in [4.78, 5) is 39.9. The number of aromatic nitrogens is 1. The summed E-state index contributed by atoms with van der Waals surface area (Å²) in [7, 11) is 1.51. The Bertz CT molecular complexity index is 1150. The third kappa shape index (κ3) is 4.68. The van der Waals surface area contributed by atoms with Crippen LogP contribution in [0.25, 0.3) is 0 Å². The first-order chi connectivity index (χ1) is 15.8. The van der Waals surface area contributed by atoms with E-state index in [1.165, 1.54) is 28.9 Å². The Kier molecular flexibility index (Phi) is 6.32. The van der Waals surface area contributed by atoms with Crippen LogP contribution in [-0.2, 0) is 11.3 Å². The van der Waals surface area contributed by atoms with E-state index in [-0.39, 0.29) is 37.6 Å². The number of carbonyl (C=O) groups excluding carboxylic acids is 2. The molecular weight excluding hydrogens is 438 g/mol. The van der Waals surface area contributed by atoms with E-state index in [9.17, 15) is 28.3 Å². The van der Waals surface area contributed by atoms with Crippen molar-refractivity contribution in [3.8, 4) is 5.75 Å². The molecule has 0 radical (unpaired) electrons. The average molecular weight is 462 g/mol. The lowest BCUT2D eigenvalue weighted by atomic mass is 10.1. The van der Waals surface area contributed by atoms with E-state index in [0.717, 1.165) is 18.9 Å². The highest BCUT2D eigenvalue weighted by atomic mass is 19.1. The highest BCUT2D eigenvalue weighted by Crippen LogP contribution is 2.31. The van der Waals surface area contributed by atoms with Crippen LogP contribution in [-0.4, -0.2) is 60.0 Å². The molecule has 2 aliphatic rings. The van der Waals surface area contributed by atoms with E-state index in [2.05, 4.69) is 5.32 Å². The van der Waals surface area contributed by atoms with Crippen LogP contribution in [0.3, 0.4) is 0 Å². The molecule has 0 atom stereocenters. The van der Waals surface area contributed by atoms with Crippen molar-refractivity contribution in [2.75, 3.05) is 38.5 Å². The highest BCUT2D eigenvalue weighted by Gasteiger charge is 2.36. The summed E-state index contributed by atoms with van der Waals surface area (Å²) in [6, 6.07) is 2.94. The third-order valence-electron chi connectivity index (χ3n) is 5.72. The number of ether oxygens (including phenoxy) is 1. The Morgan fingerprint density at radius 2 is 2.03 bits per heavy atom. The number of rotatable bonds is 8. The van der Waals surface area contributed by atoms with Gasteiger partial charge in [-0.05, 0) is 24.8 Å². The lowest BCUT2D eigenvalue weighted by molar-refractivity contribution is 0.0620. The van der Waals surface area contributed by atoms with Crippen LogP contribution >= 0.6 is 0 Å². The molecule has 2 heterocycles. The molecule has 1 saturated carbocycles. The van der Waals surface area contributed by atoms with Gasteiger partial charge in [0.2, 0.25) is 5.43 Å². The predicted molar refractivity (Wildman–Crippen MR) is 113 cm³/mol. The van der Waals surface area contributed by atoms with E-state index in [0.29, 0.717) is 18.5 Å². The fourth-order valence-electron chi connectivity index (χ4n) is 3.71. The molecule has 0 bridgehead atoms. The second-order valence-electron chi connectivity index (χ2n) is 8.17. The molecule has 11 heteroatoms. The van der Waals surface area contributed by atoms with Gasteiger partial charge in [-0.15, -0.1) is 0 Å². The van der Waals surface area contributed by atoms with Crippen LogP contribution < -0.4 is 15.8 Å². The third-order valence-corrected chi connectivity index (χ3v) is 5.72. The molecule has 2 amide bonds. The van der Waals surface area contributed by atoms with E-state index in [4.69, 9.17) is 4.74 Å². The van der Waals surface area contributed by atoms with Gasteiger partial charge in [0.15, 0.2) is 11.4 Å². The molecule has 4 rings (SSSR count). The molecule has 33 heavy (non-hydrogen) atoms. The van der Waals surface area contributed by atoms with E-state index < -0.39 is 40.2 Å². The summed E-state index contributed by atoms with van der Waals surface area (Å²) in [5, 5.41) is 14.8. The van der Waals surface area contributed by atoms with Crippen molar-refractivity contribution in [2.45, 2.75) is 19.4 Å². The first-order valence-corrected chi connectivity index (χ1v) is 10.5. The SMILES string of the molecule is COCCN1CN(CC2CC2)n2cc(C(=O)NCc3ccc(F)cc3F)c(=O)c(O)c2C1=O. The number of hydrogen-bond donors (Lipinski definition) is 2. The van der Waals surface area contributed by atoms with E-state index in [1.807, 2.05) is 0 Å². The number of amides is 2. The molecule has 0 saturated heterocycles. The van der Waals surface area contributed by atoms with Crippen molar-refractivity contribution in [2.24, 2.45) is 5.92 Å². The largest absolute Gasteiger partial charge is 0.502 e. The second-order valence-corrected chi connectivity index (χ2v) is 8.17. The summed E-state index contributed by atoms with van der Waals surface area (Å²) in [6.45, 7) is 1.05. The number of aromatic hydroxyl groups is 1. The minimum absolute atomic E-state index is 0.0337. The zero-order valence-electron chi connectivity index (χ0n) is 18.0. The normalized spacial score (nSPS) is 15.5. The molecule has 2 aromatic rings. The number of carbonyl (C=O) groups is 2. The van der Waals surface area contributed by atoms with E-state index in [1.54, 1.807) is 5.01 Å². The minimum atomic E-state index is -1.01. The molecule has 1 aromatic carbocycles. The Balaban J connectivity index is 1.64. The number of nitrogens with one attached hydrogen (secondary N) is 1. The highest BCUT2D eigenvalue weighted by molar-refractivity contribution is 5.99. The summed E-state index contributed by atoms with van der Waals surface area (Å²) in [5.41, 5.74) is -1.58. The van der Waals surface area contributed by atoms with Crippen LogP contribution in [0.5, 0.6) is 5.75 Å². The van der Waals surface area contributed by atoms with Gasteiger partial charge < -0.3 is 20.1 Å².